The van der Waals surface area contributed by atoms with Gasteiger partial charge in [-0.2, -0.15) is 8.42 Å². The number of rotatable bonds is 4. The van der Waals surface area contributed by atoms with E-state index in [4.69, 9.17) is 0 Å². The van der Waals surface area contributed by atoms with Crippen molar-refractivity contribution >= 4 is 69.2 Å². The predicted molar refractivity (Wildman–Crippen MR) is 115 cm³/mol. The van der Waals surface area contributed by atoms with Gasteiger partial charge in [0.05, 0.1) is 5.69 Å². The first-order valence-corrected chi connectivity index (χ1v) is 9.76. The van der Waals surface area contributed by atoms with Crippen LogP contribution in [-0.2, 0) is 10.1 Å². The first-order chi connectivity index (χ1) is 13.5. The van der Waals surface area contributed by atoms with Gasteiger partial charge in [0.2, 0.25) is 0 Å². The minimum Gasteiger partial charge on any atom is -0.279 e. The minimum atomic E-state index is -4.59. The van der Waals surface area contributed by atoms with Crippen molar-refractivity contribution in [3.8, 4) is 33.8 Å². The predicted octanol–water partition coefficient (Wildman–Crippen LogP) is 2.75. The van der Waals surface area contributed by atoms with Gasteiger partial charge in [0, 0.05) is 82.0 Å². The molecule has 2 heterocycles. The second-order valence-electron chi connectivity index (χ2n) is 5.89. The molecule has 1 N–H and O–H groups in total. The van der Waals surface area contributed by atoms with Gasteiger partial charge in [0.15, 0.2) is 0 Å². The molecule has 2 radical (unpaired) electrons. The van der Waals surface area contributed by atoms with Crippen LogP contribution in [0.1, 0.15) is 0 Å². The van der Waals surface area contributed by atoms with Gasteiger partial charge in [0.1, 0.15) is 11.4 Å². The molecular formula is C20H14N4Na2O3S. The molecule has 0 spiro atoms. The van der Waals surface area contributed by atoms with Gasteiger partial charge in [-0.25, -0.2) is 4.98 Å². The van der Waals surface area contributed by atoms with Gasteiger partial charge in [0.25, 0.3) is 5.16 Å². The van der Waals surface area contributed by atoms with Crippen LogP contribution in [0.3, 0.4) is 0 Å². The topological polar surface area (TPSA) is 106 Å². The Hall–Kier alpha value is -1.49. The number of nitrogens with zero attached hydrogens (tertiary/aromatic N) is 4. The standard InChI is InChI=1S/C20H14N4O3S.2Na/c25-28(26,27)20-22-18(14-8-2-1-3-9-14)19(23-24-20)16-11-5-4-10-15(16)17-12-6-7-13-21-17;;/h1-13H,(H,25,26,27);;. The van der Waals surface area contributed by atoms with E-state index in [0.717, 1.165) is 11.3 Å². The summed E-state index contributed by atoms with van der Waals surface area (Å²) in [5.41, 5.74) is 3.57. The Morgan fingerprint density at radius 1 is 0.700 bits per heavy atom. The Labute approximate surface area is 218 Å². The molecule has 140 valence electrons. The Bertz CT molecular complexity index is 1240. The largest absolute Gasteiger partial charge is 0.332 e. The molecule has 7 nitrogen and oxygen atoms in total. The Balaban J connectivity index is 0.00000160. The number of aromatic nitrogens is 4. The molecule has 0 atom stereocenters. The van der Waals surface area contributed by atoms with Gasteiger partial charge in [-0.05, 0) is 12.1 Å². The van der Waals surface area contributed by atoms with Crippen LogP contribution in [0.15, 0.2) is 84.1 Å². The molecule has 0 saturated heterocycles. The Kier molecular flexibility index (Phi) is 8.84. The van der Waals surface area contributed by atoms with E-state index >= 15 is 0 Å². The summed E-state index contributed by atoms with van der Waals surface area (Å²) >= 11 is 0. The van der Waals surface area contributed by atoms with Crippen LogP contribution >= 0.6 is 0 Å². The number of pyridine rings is 1. The van der Waals surface area contributed by atoms with Crippen molar-refractivity contribution in [3.63, 3.8) is 0 Å². The van der Waals surface area contributed by atoms with Gasteiger partial charge in [-0.3, -0.25) is 9.54 Å². The maximum absolute atomic E-state index is 11.5. The zero-order valence-corrected chi connectivity index (χ0v) is 21.3. The van der Waals surface area contributed by atoms with Crippen LogP contribution in [-0.4, -0.2) is 92.3 Å². The van der Waals surface area contributed by atoms with Gasteiger partial charge >= 0.3 is 10.1 Å². The number of benzene rings is 2. The number of hydrogen-bond donors (Lipinski definition) is 1. The molecule has 4 aromatic rings. The van der Waals surface area contributed by atoms with E-state index in [9.17, 15) is 13.0 Å². The van der Waals surface area contributed by atoms with Crippen LogP contribution in [0, 0.1) is 0 Å². The zero-order valence-electron chi connectivity index (χ0n) is 16.5. The van der Waals surface area contributed by atoms with Crippen molar-refractivity contribution < 1.29 is 13.0 Å². The van der Waals surface area contributed by atoms with E-state index in [0.29, 0.717) is 22.5 Å². The summed E-state index contributed by atoms with van der Waals surface area (Å²) < 4.78 is 32.4. The molecule has 0 aliphatic heterocycles. The molecule has 4 rings (SSSR count). The summed E-state index contributed by atoms with van der Waals surface area (Å²) in [6.45, 7) is 0. The fourth-order valence-corrected chi connectivity index (χ4v) is 3.18. The van der Waals surface area contributed by atoms with Gasteiger partial charge in [-0.15, -0.1) is 10.2 Å². The van der Waals surface area contributed by atoms with E-state index in [-0.39, 0.29) is 59.1 Å². The normalized spacial score (nSPS) is 10.6. The maximum atomic E-state index is 11.5. The molecule has 0 bridgehead atoms. The van der Waals surface area contributed by atoms with Crippen LogP contribution < -0.4 is 0 Å². The van der Waals surface area contributed by atoms with E-state index in [1.165, 1.54) is 0 Å². The third-order valence-corrected chi connectivity index (χ3v) is 4.70. The molecule has 0 aliphatic carbocycles. The third kappa shape index (κ3) is 5.40. The third-order valence-electron chi connectivity index (χ3n) is 4.07. The van der Waals surface area contributed by atoms with Crippen molar-refractivity contribution in [2.45, 2.75) is 5.16 Å². The molecular weight excluding hydrogens is 422 g/mol. The Morgan fingerprint density at radius 3 is 1.97 bits per heavy atom. The first-order valence-electron chi connectivity index (χ1n) is 8.32. The van der Waals surface area contributed by atoms with Crippen LogP contribution in [0.25, 0.3) is 33.8 Å². The monoisotopic (exact) mass is 436 g/mol. The zero-order chi connectivity index (χ0) is 19.6. The van der Waals surface area contributed by atoms with Crippen LogP contribution in [0.2, 0.25) is 0 Å². The SMILES string of the molecule is O=S(=O)(O)c1nnc(-c2ccccc2-c2ccccn2)c(-c2ccccc2)n1.[Na].[Na]. The molecule has 0 unspecified atom stereocenters. The molecule has 10 heteroatoms. The smallest absolute Gasteiger partial charge is 0.279 e. The van der Waals surface area contributed by atoms with E-state index < -0.39 is 15.3 Å². The fraction of sp³-hybridized carbons (Fsp3) is 0. The summed E-state index contributed by atoms with van der Waals surface area (Å²) in [4.78, 5) is 8.48. The van der Waals surface area contributed by atoms with Gasteiger partial charge < -0.3 is 0 Å². The molecule has 0 amide bonds. The van der Waals surface area contributed by atoms with Crippen molar-refractivity contribution in [3.05, 3.63) is 79.0 Å². The van der Waals surface area contributed by atoms with E-state index in [1.807, 2.05) is 48.5 Å². The Morgan fingerprint density at radius 2 is 1.33 bits per heavy atom. The first kappa shape index (κ1) is 24.8. The van der Waals surface area contributed by atoms with Crippen LogP contribution in [0.4, 0.5) is 0 Å². The minimum absolute atomic E-state index is 0. The fourth-order valence-electron chi connectivity index (χ4n) is 2.83. The van der Waals surface area contributed by atoms with Crippen molar-refractivity contribution in [1.29, 1.82) is 0 Å². The van der Waals surface area contributed by atoms with Crippen molar-refractivity contribution in [2.75, 3.05) is 0 Å². The molecule has 2 aromatic carbocycles. The van der Waals surface area contributed by atoms with Crippen LogP contribution in [0.5, 0.6) is 0 Å². The van der Waals surface area contributed by atoms with Crippen molar-refractivity contribution in [1.82, 2.24) is 20.2 Å². The molecule has 0 fully saturated rings. The van der Waals surface area contributed by atoms with E-state index in [2.05, 4.69) is 20.2 Å². The summed E-state index contributed by atoms with van der Waals surface area (Å²) in [6, 6.07) is 22.0. The average Bonchev–Trinajstić information content (AvgIpc) is 2.74. The second-order valence-corrected chi connectivity index (χ2v) is 7.21. The number of hydrogen-bond acceptors (Lipinski definition) is 6. The van der Waals surface area contributed by atoms with Gasteiger partial charge in [-0.1, -0.05) is 60.7 Å². The molecule has 0 saturated carbocycles. The van der Waals surface area contributed by atoms with Crippen molar-refractivity contribution in [2.24, 2.45) is 0 Å². The molecule has 30 heavy (non-hydrogen) atoms. The summed E-state index contributed by atoms with van der Waals surface area (Å²) in [5, 5.41) is 6.98. The maximum Gasteiger partial charge on any atom is 0.332 e. The average molecular weight is 436 g/mol. The quantitative estimate of drug-likeness (QED) is 0.387. The molecule has 0 aliphatic rings. The van der Waals surface area contributed by atoms with E-state index in [1.54, 1.807) is 30.5 Å². The summed E-state index contributed by atoms with van der Waals surface area (Å²) in [5.74, 6) is 0. The summed E-state index contributed by atoms with van der Waals surface area (Å²) in [6.07, 6.45) is 1.69. The second kappa shape index (κ2) is 10.7. The summed E-state index contributed by atoms with van der Waals surface area (Å²) in [7, 11) is -4.59. The molecule has 2 aromatic heterocycles.